The van der Waals surface area contributed by atoms with Crippen LogP contribution in [0.5, 0.6) is 0 Å². The second-order valence-electron chi connectivity index (χ2n) is 5.09. The third kappa shape index (κ3) is 3.04. The molecule has 0 spiro atoms. The van der Waals surface area contributed by atoms with E-state index in [1.807, 2.05) is 6.20 Å². The van der Waals surface area contributed by atoms with Crippen LogP contribution in [0, 0.1) is 0 Å². The van der Waals surface area contributed by atoms with Crippen LogP contribution in [0.1, 0.15) is 28.8 Å². The van der Waals surface area contributed by atoms with Gasteiger partial charge in [-0.3, -0.25) is 0 Å². The van der Waals surface area contributed by atoms with Gasteiger partial charge in [-0.15, -0.1) is 11.3 Å². The van der Waals surface area contributed by atoms with Gasteiger partial charge in [-0.05, 0) is 11.1 Å². The SMILES string of the molecule is CC(c1ccccc1)c1ccc(-c2ncc(CN)s2)cc1. The number of aromatic nitrogens is 1. The maximum atomic E-state index is 5.64. The Kier molecular flexibility index (Phi) is 4.13. The van der Waals surface area contributed by atoms with E-state index in [1.165, 1.54) is 11.1 Å². The number of benzene rings is 2. The summed E-state index contributed by atoms with van der Waals surface area (Å²) in [5.74, 6) is 0.399. The van der Waals surface area contributed by atoms with Gasteiger partial charge in [0.25, 0.3) is 0 Å². The van der Waals surface area contributed by atoms with E-state index in [0.717, 1.165) is 15.4 Å². The van der Waals surface area contributed by atoms with E-state index in [9.17, 15) is 0 Å². The summed E-state index contributed by atoms with van der Waals surface area (Å²) in [6.45, 7) is 2.79. The Hall–Kier alpha value is -1.97. The molecule has 0 aliphatic heterocycles. The molecular formula is C18H18N2S. The lowest BCUT2D eigenvalue weighted by atomic mass is 9.93. The summed E-state index contributed by atoms with van der Waals surface area (Å²) in [5, 5.41) is 1.04. The molecule has 1 unspecified atom stereocenters. The zero-order valence-electron chi connectivity index (χ0n) is 12.0. The molecule has 1 atom stereocenters. The number of hydrogen-bond acceptors (Lipinski definition) is 3. The summed E-state index contributed by atoms with van der Waals surface area (Å²) in [7, 11) is 0. The van der Waals surface area contributed by atoms with Crippen LogP contribution in [0.3, 0.4) is 0 Å². The summed E-state index contributed by atoms with van der Waals surface area (Å²) in [4.78, 5) is 5.55. The number of nitrogens with two attached hydrogens (primary N) is 1. The first-order chi connectivity index (χ1) is 10.3. The van der Waals surface area contributed by atoms with Crippen LogP contribution in [0.4, 0.5) is 0 Å². The maximum Gasteiger partial charge on any atom is 0.123 e. The largest absolute Gasteiger partial charge is 0.326 e. The zero-order chi connectivity index (χ0) is 14.7. The van der Waals surface area contributed by atoms with Gasteiger partial charge in [0.05, 0.1) is 0 Å². The fourth-order valence-electron chi connectivity index (χ4n) is 2.38. The Morgan fingerprint density at radius 2 is 1.67 bits per heavy atom. The van der Waals surface area contributed by atoms with Gasteiger partial charge in [0.1, 0.15) is 5.01 Å². The highest BCUT2D eigenvalue weighted by Crippen LogP contribution is 2.28. The van der Waals surface area contributed by atoms with Gasteiger partial charge in [0, 0.05) is 29.1 Å². The molecule has 1 heterocycles. The molecule has 3 rings (SSSR count). The van der Waals surface area contributed by atoms with E-state index in [1.54, 1.807) is 11.3 Å². The smallest absolute Gasteiger partial charge is 0.123 e. The molecule has 0 fully saturated rings. The predicted molar refractivity (Wildman–Crippen MR) is 89.4 cm³/mol. The Morgan fingerprint density at radius 3 is 2.29 bits per heavy atom. The molecule has 3 heteroatoms. The quantitative estimate of drug-likeness (QED) is 0.773. The van der Waals surface area contributed by atoms with Crippen molar-refractivity contribution < 1.29 is 0 Å². The fraction of sp³-hybridized carbons (Fsp3) is 0.167. The summed E-state index contributed by atoms with van der Waals surface area (Å²) >= 11 is 1.66. The van der Waals surface area contributed by atoms with Crippen LogP contribution in [0.25, 0.3) is 10.6 Å². The average Bonchev–Trinajstić information content (AvgIpc) is 3.04. The molecule has 0 saturated heterocycles. The molecule has 21 heavy (non-hydrogen) atoms. The molecule has 0 aliphatic rings. The highest BCUT2D eigenvalue weighted by molar-refractivity contribution is 7.15. The third-order valence-corrected chi connectivity index (χ3v) is 4.78. The maximum absolute atomic E-state index is 5.64. The lowest BCUT2D eigenvalue weighted by Crippen LogP contribution is -1.95. The minimum absolute atomic E-state index is 0.399. The van der Waals surface area contributed by atoms with Crippen molar-refractivity contribution in [3.63, 3.8) is 0 Å². The van der Waals surface area contributed by atoms with Crippen molar-refractivity contribution in [3.05, 3.63) is 76.8 Å². The van der Waals surface area contributed by atoms with Crippen LogP contribution in [0.2, 0.25) is 0 Å². The molecule has 0 bridgehead atoms. The topological polar surface area (TPSA) is 38.9 Å². The highest BCUT2D eigenvalue weighted by atomic mass is 32.1. The van der Waals surface area contributed by atoms with Crippen molar-refractivity contribution in [1.82, 2.24) is 4.98 Å². The van der Waals surface area contributed by atoms with E-state index < -0.39 is 0 Å². The number of rotatable bonds is 4. The second-order valence-corrected chi connectivity index (χ2v) is 6.21. The third-order valence-electron chi connectivity index (χ3n) is 3.71. The summed E-state index contributed by atoms with van der Waals surface area (Å²) in [6.07, 6.45) is 1.86. The molecule has 0 amide bonds. The van der Waals surface area contributed by atoms with Crippen molar-refractivity contribution in [3.8, 4) is 10.6 Å². The van der Waals surface area contributed by atoms with Gasteiger partial charge in [0.15, 0.2) is 0 Å². The van der Waals surface area contributed by atoms with Crippen LogP contribution >= 0.6 is 11.3 Å². The van der Waals surface area contributed by atoms with Crippen molar-refractivity contribution in [2.75, 3.05) is 0 Å². The molecule has 106 valence electrons. The summed E-state index contributed by atoms with van der Waals surface area (Å²) in [6, 6.07) is 19.2. The Balaban J connectivity index is 1.84. The van der Waals surface area contributed by atoms with Gasteiger partial charge in [-0.1, -0.05) is 61.5 Å². The minimum Gasteiger partial charge on any atom is -0.326 e. The Morgan fingerprint density at radius 1 is 1.00 bits per heavy atom. The first kappa shape index (κ1) is 14.0. The van der Waals surface area contributed by atoms with Crippen molar-refractivity contribution in [1.29, 1.82) is 0 Å². The van der Waals surface area contributed by atoms with E-state index in [4.69, 9.17) is 5.73 Å². The monoisotopic (exact) mass is 294 g/mol. The molecule has 0 aliphatic carbocycles. The summed E-state index contributed by atoms with van der Waals surface area (Å²) in [5.41, 5.74) is 9.45. The molecule has 2 N–H and O–H groups in total. The first-order valence-electron chi connectivity index (χ1n) is 7.08. The molecule has 2 aromatic carbocycles. The van der Waals surface area contributed by atoms with Crippen molar-refractivity contribution >= 4 is 11.3 Å². The van der Waals surface area contributed by atoms with E-state index in [2.05, 4.69) is 66.5 Å². The molecule has 0 radical (unpaired) electrons. The van der Waals surface area contributed by atoms with Crippen molar-refractivity contribution in [2.24, 2.45) is 5.73 Å². The summed E-state index contributed by atoms with van der Waals surface area (Å²) < 4.78 is 0. The second kappa shape index (κ2) is 6.20. The van der Waals surface area contributed by atoms with E-state index in [-0.39, 0.29) is 0 Å². The van der Waals surface area contributed by atoms with Gasteiger partial charge in [-0.25, -0.2) is 4.98 Å². The van der Waals surface area contributed by atoms with Gasteiger partial charge in [-0.2, -0.15) is 0 Å². The normalized spacial score (nSPS) is 12.3. The fourth-order valence-corrected chi connectivity index (χ4v) is 3.18. The van der Waals surface area contributed by atoms with Gasteiger partial charge in [0.2, 0.25) is 0 Å². The number of hydrogen-bond donors (Lipinski definition) is 1. The Labute approximate surface area is 129 Å². The zero-order valence-corrected chi connectivity index (χ0v) is 12.8. The first-order valence-corrected chi connectivity index (χ1v) is 7.89. The molecule has 2 nitrogen and oxygen atoms in total. The van der Waals surface area contributed by atoms with Crippen LogP contribution in [-0.4, -0.2) is 4.98 Å². The van der Waals surface area contributed by atoms with Crippen LogP contribution in [0.15, 0.2) is 60.8 Å². The van der Waals surface area contributed by atoms with Crippen LogP contribution in [-0.2, 0) is 6.54 Å². The van der Waals surface area contributed by atoms with Gasteiger partial charge >= 0.3 is 0 Å². The van der Waals surface area contributed by atoms with Gasteiger partial charge < -0.3 is 5.73 Å². The van der Waals surface area contributed by atoms with Crippen molar-refractivity contribution in [2.45, 2.75) is 19.4 Å². The number of thiazole rings is 1. The highest BCUT2D eigenvalue weighted by Gasteiger charge is 2.09. The molecular weight excluding hydrogens is 276 g/mol. The molecule has 3 aromatic rings. The minimum atomic E-state index is 0.399. The van der Waals surface area contributed by atoms with E-state index >= 15 is 0 Å². The van der Waals surface area contributed by atoms with E-state index in [0.29, 0.717) is 12.5 Å². The molecule has 0 saturated carbocycles. The standard InChI is InChI=1S/C18H18N2S/c1-13(14-5-3-2-4-6-14)15-7-9-16(10-8-15)18-20-12-17(11-19)21-18/h2-10,12-13H,11,19H2,1H3. The number of nitrogens with zero attached hydrogens (tertiary/aromatic N) is 1. The molecule has 1 aromatic heterocycles. The lowest BCUT2D eigenvalue weighted by molar-refractivity contribution is 0.923. The predicted octanol–water partition coefficient (Wildman–Crippen LogP) is 4.42. The lowest BCUT2D eigenvalue weighted by Gasteiger charge is -2.12. The average molecular weight is 294 g/mol. The van der Waals surface area contributed by atoms with Crippen LogP contribution < -0.4 is 5.73 Å². The Bertz CT molecular complexity index is 702.